The highest BCUT2D eigenvalue weighted by molar-refractivity contribution is 6.05. The van der Waals surface area contributed by atoms with Crippen molar-refractivity contribution < 1.29 is 9.53 Å². The van der Waals surface area contributed by atoms with E-state index in [0.29, 0.717) is 5.84 Å². The van der Waals surface area contributed by atoms with Crippen molar-refractivity contribution in [2.75, 3.05) is 0 Å². The smallest absolute Gasteiger partial charge is 0.413 e. The Kier molecular flexibility index (Phi) is 2.10. The van der Waals surface area contributed by atoms with Gasteiger partial charge in [0, 0.05) is 0 Å². The topological polar surface area (TPSA) is 50.7 Å². The molecule has 1 saturated heterocycles. The lowest BCUT2D eigenvalue weighted by atomic mass is 10.1. The predicted octanol–water partition coefficient (Wildman–Crippen LogP) is 1.70. The van der Waals surface area contributed by atoms with Gasteiger partial charge in [0.15, 0.2) is 11.4 Å². The van der Waals surface area contributed by atoms with Gasteiger partial charge in [-0.05, 0) is 34.6 Å². The first kappa shape index (κ1) is 10.0. The van der Waals surface area contributed by atoms with Gasteiger partial charge in [-0.1, -0.05) is 0 Å². The maximum atomic E-state index is 10.9. The molecular weight excluding hydrogens is 168 g/mol. The normalized spacial score (nSPS) is 24.4. The Morgan fingerprint density at radius 1 is 1.38 bits per heavy atom. The summed E-state index contributed by atoms with van der Waals surface area (Å²) in [6.07, 6.45) is -0.423. The number of hydrogen-bond donors (Lipinski definition) is 1. The van der Waals surface area contributed by atoms with Crippen molar-refractivity contribution in [3.05, 3.63) is 0 Å². The summed E-state index contributed by atoms with van der Waals surface area (Å²) in [5, 5.41) is 2.59. The van der Waals surface area contributed by atoms with Gasteiger partial charge in [-0.3, -0.25) is 10.3 Å². The van der Waals surface area contributed by atoms with E-state index in [1.165, 1.54) is 0 Å². The standard InChI is InChI=1S/C9H16N2O2/c1-8(2,3)11-6-9(4,5)13-7(12)10-6/h1-5H3,(H,10,11,12). The van der Waals surface area contributed by atoms with Crippen molar-refractivity contribution in [2.24, 2.45) is 4.99 Å². The molecule has 1 N–H and O–H groups in total. The fourth-order valence-electron chi connectivity index (χ4n) is 1.05. The first-order valence-corrected chi connectivity index (χ1v) is 4.31. The van der Waals surface area contributed by atoms with Crippen LogP contribution in [0.5, 0.6) is 0 Å². The minimum absolute atomic E-state index is 0.201. The number of alkyl carbamates (subject to hydrolysis) is 1. The molecular formula is C9H16N2O2. The van der Waals surface area contributed by atoms with Gasteiger partial charge in [0.1, 0.15) is 0 Å². The lowest BCUT2D eigenvalue weighted by molar-refractivity contribution is 0.108. The molecule has 0 saturated carbocycles. The number of aliphatic imine (C=N–C) groups is 1. The van der Waals surface area contributed by atoms with E-state index in [1.54, 1.807) is 0 Å². The number of hydrogen-bond acceptors (Lipinski definition) is 3. The molecule has 0 atom stereocenters. The molecule has 13 heavy (non-hydrogen) atoms. The van der Waals surface area contributed by atoms with Gasteiger partial charge in [-0.2, -0.15) is 0 Å². The van der Waals surface area contributed by atoms with Crippen molar-refractivity contribution in [1.29, 1.82) is 0 Å². The van der Waals surface area contributed by atoms with Crippen molar-refractivity contribution in [1.82, 2.24) is 5.32 Å². The number of ether oxygens (including phenoxy) is 1. The Balaban J connectivity index is 2.94. The third kappa shape index (κ3) is 2.44. The molecule has 0 aromatic heterocycles. The molecule has 1 heterocycles. The number of carbonyl (C=O) groups excluding carboxylic acids is 1. The van der Waals surface area contributed by atoms with Crippen LogP contribution in [0.2, 0.25) is 0 Å². The summed E-state index contributed by atoms with van der Waals surface area (Å²) in [5.74, 6) is 0.602. The summed E-state index contributed by atoms with van der Waals surface area (Å²) in [7, 11) is 0. The molecule has 0 spiro atoms. The van der Waals surface area contributed by atoms with Crippen LogP contribution in [0.15, 0.2) is 4.99 Å². The molecule has 0 unspecified atom stereocenters. The Bertz CT molecular complexity index is 261. The summed E-state index contributed by atoms with van der Waals surface area (Å²) >= 11 is 0. The first-order chi connectivity index (χ1) is 5.71. The molecule has 4 heteroatoms. The molecule has 74 valence electrons. The van der Waals surface area contributed by atoms with E-state index >= 15 is 0 Å². The van der Waals surface area contributed by atoms with Gasteiger partial charge in [0.05, 0.1) is 5.54 Å². The Morgan fingerprint density at radius 2 is 1.92 bits per heavy atom. The molecule has 1 rings (SSSR count). The van der Waals surface area contributed by atoms with Gasteiger partial charge in [0.2, 0.25) is 0 Å². The maximum absolute atomic E-state index is 10.9. The molecule has 0 aliphatic carbocycles. The van der Waals surface area contributed by atoms with Crippen molar-refractivity contribution in [2.45, 2.75) is 45.8 Å². The molecule has 1 aliphatic rings. The quantitative estimate of drug-likeness (QED) is 0.623. The Morgan fingerprint density at radius 3 is 2.23 bits per heavy atom. The fourth-order valence-corrected chi connectivity index (χ4v) is 1.05. The Labute approximate surface area is 78.4 Å². The SMILES string of the molecule is CC(C)(C)N=C1NC(=O)OC1(C)C. The lowest BCUT2D eigenvalue weighted by Gasteiger charge is -2.19. The fraction of sp³-hybridized carbons (Fsp3) is 0.778. The molecule has 0 radical (unpaired) electrons. The van der Waals surface area contributed by atoms with E-state index in [0.717, 1.165) is 0 Å². The van der Waals surface area contributed by atoms with Crippen LogP contribution in [0, 0.1) is 0 Å². The lowest BCUT2D eigenvalue weighted by Crippen LogP contribution is -2.35. The highest BCUT2D eigenvalue weighted by Crippen LogP contribution is 2.19. The van der Waals surface area contributed by atoms with Crippen LogP contribution >= 0.6 is 0 Å². The number of amidine groups is 1. The first-order valence-electron chi connectivity index (χ1n) is 4.31. The largest absolute Gasteiger partial charge is 0.435 e. The summed E-state index contributed by atoms with van der Waals surface area (Å²) in [6.45, 7) is 9.55. The third-order valence-electron chi connectivity index (χ3n) is 1.59. The van der Waals surface area contributed by atoms with Crippen molar-refractivity contribution >= 4 is 11.9 Å². The zero-order chi connectivity index (χ0) is 10.3. The monoisotopic (exact) mass is 184 g/mol. The van der Waals surface area contributed by atoms with Gasteiger partial charge in [-0.15, -0.1) is 0 Å². The van der Waals surface area contributed by atoms with Crippen LogP contribution in [-0.2, 0) is 4.74 Å². The minimum Gasteiger partial charge on any atom is -0.435 e. The predicted molar refractivity (Wildman–Crippen MR) is 50.9 cm³/mol. The summed E-state index contributed by atoms with van der Waals surface area (Å²) < 4.78 is 5.03. The van der Waals surface area contributed by atoms with Crippen LogP contribution in [0.25, 0.3) is 0 Å². The summed E-state index contributed by atoms with van der Waals surface area (Å²) in [6, 6.07) is 0. The number of amides is 1. The van der Waals surface area contributed by atoms with Gasteiger partial charge >= 0.3 is 6.09 Å². The molecule has 0 bridgehead atoms. The average Bonchev–Trinajstić information content (AvgIpc) is 2.00. The van der Waals surface area contributed by atoms with Gasteiger partial charge < -0.3 is 4.74 Å². The second-order valence-electron chi connectivity index (χ2n) is 4.66. The van der Waals surface area contributed by atoms with Gasteiger partial charge in [0.25, 0.3) is 0 Å². The van der Waals surface area contributed by atoms with Crippen LogP contribution < -0.4 is 5.32 Å². The number of carbonyl (C=O) groups is 1. The molecule has 0 aromatic rings. The summed E-state index contributed by atoms with van der Waals surface area (Å²) in [4.78, 5) is 15.3. The van der Waals surface area contributed by atoms with E-state index in [2.05, 4.69) is 10.3 Å². The van der Waals surface area contributed by atoms with Crippen molar-refractivity contribution in [3.8, 4) is 0 Å². The molecule has 4 nitrogen and oxygen atoms in total. The van der Waals surface area contributed by atoms with Crippen molar-refractivity contribution in [3.63, 3.8) is 0 Å². The van der Waals surface area contributed by atoms with E-state index in [4.69, 9.17) is 4.74 Å². The Hall–Kier alpha value is -1.06. The van der Waals surface area contributed by atoms with Crippen LogP contribution in [-0.4, -0.2) is 23.1 Å². The number of nitrogens with zero attached hydrogens (tertiary/aromatic N) is 1. The van der Waals surface area contributed by atoms with Crippen LogP contribution in [0.3, 0.4) is 0 Å². The van der Waals surface area contributed by atoms with Crippen LogP contribution in [0.4, 0.5) is 4.79 Å². The van der Waals surface area contributed by atoms with Gasteiger partial charge in [-0.25, -0.2) is 4.79 Å². The number of rotatable bonds is 0. The highest BCUT2D eigenvalue weighted by Gasteiger charge is 2.38. The molecule has 1 amide bonds. The van der Waals surface area contributed by atoms with E-state index in [1.807, 2.05) is 34.6 Å². The van der Waals surface area contributed by atoms with E-state index < -0.39 is 11.7 Å². The second-order valence-corrected chi connectivity index (χ2v) is 4.66. The average molecular weight is 184 g/mol. The second kappa shape index (κ2) is 2.72. The molecule has 1 aliphatic heterocycles. The summed E-state index contributed by atoms with van der Waals surface area (Å²) in [5.41, 5.74) is -0.821. The zero-order valence-electron chi connectivity index (χ0n) is 8.76. The molecule has 0 aromatic carbocycles. The third-order valence-corrected chi connectivity index (χ3v) is 1.59. The minimum atomic E-state index is -0.621. The maximum Gasteiger partial charge on any atom is 0.413 e. The van der Waals surface area contributed by atoms with E-state index in [9.17, 15) is 4.79 Å². The highest BCUT2D eigenvalue weighted by atomic mass is 16.6. The molecule has 1 fully saturated rings. The number of nitrogens with one attached hydrogen (secondary N) is 1. The number of cyclic esters (lactones) is 1. The van der Waals surface area contributed by atoms with Crippen LogP contribution in [0.1, 0.15) is 34.6 Å². The van der Waals surface area contributed by atoms with E-state index in [-0.39, 0.29) is 5.54 Å². The zero-order valence-corrected chi connectivity index (χ0v) is 8.76.